The van der Waals surface area contributed by atoms with E-state index in [0.29, 0.717) is 11.4 Å². The summed E-state index contributed by atoms with van der Waals surface area (Å²) in [6.45, 7) is 3.60. The molecule has 3 rings (SSSR count). The van der Waals surface area contributed by atoms with Crippen molar-refractivity contribution in [1.82, 2.24) is 9.97 Å². The first-order valence-corrected chi connectivity index (χ1v) is 6.84. The standard InChI is InChI=1S/C15H16N6/c16-9-12-1-4-15(19-10-12)21-7-5-20(6-8-21)13-2-3-14(17)18-11-13/h1-4,10-11H,5-8H2,(H2,17,18). The number of nitrogens with two attached hydrogens (primary N) is 1. The molecule has 0 spiro atoms. The van der Waals surface area contributed by atoms with Crippen LogP contribution < -0.4 is 15.5 Å². The first-order chi connectivity index (χ1) is 10.3. The van der Waals surface area contributed by atoms with Crippen molar-refractivity contribution in [3.8, 4) is 6.07 Å². The average molecular weight is 280 g/mol. The predicted octanol–water partition coefficient (Wildman–Crippen LogP) is 1.26. The van der Waals surface area contributed by atoms with Crippen LogP contribution in [0, 0.1) is 11.3 Å². The molecule has 2 aromatic heterocycles. The number of hydrogen-bond donors (Lipinski definition) is 1. The van der Waals surface area contributed by atoms with Gasteiger partial charge in [0.25, 0.3) is 0 Å². The Kier molecular flexibility index (Phi) is 3.56. The van der Waals surface area contributed by atoms with Gasteiger partial charge in [0.05, 0.1) is 17.4 Å². The zero-order chi connectivity index (χ0) is 14.7. The van der Waals surface area contributed by atoms with Crippen LogP contribution in [-0.4, -0.2) is 36.1 Å². The summed E-state index contributed by atoms with van der Waals surface area (Å²) in [6.07, 6.45) is 3.43. The normalized spacial score (nSPS) is 14.8. The van der Waals surface area contributed by atoms with Crippen molar-refractivity contribution >= 4 is 17.3 Å². The van der Waals surface area contributed by atoms with Crippen LogP contribution in [0.5, 0.6) is 0 Å². The maximum Gasteiger partial charge on any atom is 0.128 e. The summed E-state index contributed by atoms with van der Waals surface area (Å²) in [5.41, 5.74) is 7.29. The summed E-state index contributed by atoms with van der Waals surface area (Å²) in [5.74, 6) is 1.46. The molecule has 3 heterocycles. The van der Waals surface area contributed by atoms with Crippen LogP contribution in [0.1, 0.15) is 5.56 Å². The molecule has 6 heteroatoms. The second kappa shape index (κ2) is 5.67. The molecular formula is C15H16N6. The maximum atomic E-state index is 8.79. The zero-order valence-electron chi connectivity index (χ0n) is 11.6. The van der Waals surface area contributed by atoms with Crippen molar-refractivity contribution in [3.05, 3.63) is 42.2 Å². The van der Waals surface area contributed by atoms with Gasteiger partial charge < -0.3 is 15.5 Å². The van der Waals surface area contributed by atoms with E-state index in [1.54, 1.807) is 12.3 Å². The van der Waals surface area contributed by atoms with Crippen LogP contribution >= 0.6 is 0 Å². The van der Waals surface area contributed by atoms with Gasteiger partial charge in [-0.15, -0.1) is 0 Å². The van der Waals surface area contributed by atoms with Crippen LogP contribution in [0.2, 0.25) is 0 Å². The smallest absolute Gasteiger partial charge is 0.128 e. The third kappa shape index (κ3) is 2.87. The van der Waals surface area contributed by atoms with Crippen molar-refractivity contribution in [1.29, 1.82) is 5.26 Å². The van der Waals surface area contributed by atoms with E-state index >= 15 is 0 Å². The Morgan fingerprint density at radius 3 is 2.29 bits per heavy atom. The second-order valence-electron chi connectivity index (χ2n) is 4.93. The lowest BCUT2D eigenvalue weighted by molar-refractivity contribution is 0.647. The average Bonchev–Trinajstić information content (AvgIpc) is 2.56. The molecule has 0 aromatic carbocycles. The number of hydrogen-bond acceptors (Lipinski definition) is 6. The maximum absolute atomic E-state index is 8.79. The van der Waals surface area contributed by atoms with Gasteiger partial charge in [0.15, 0.2) is 0 Å². The summed E-state index contributed by atoms with van der Waals surface area (Å²) in [7, 11) is 0. The largest absolute Gasteiger partial charge is 0.384 e. The number of pyridine rings is 2. The molecule has 106 valence electrons. The van der Waals surface area contributed by atoms with Gasteiger partial charge in [-0.1, -0.05) is 0 Å². The quantitative estimate of drug-likeness (QED) is 0.891. The zero-order valence-corrected chi connectivity index (χ0v) is 11.6. The molecule has 0 unspecified atom stereocenters. The van der Waals surface area contributed by atoms with Crippen LogP contribution in [0.25, 0.3) is 0 Å². The SMILES string of the molecule is N#Cc1ccc(N2CCN(c3ccc(N)nc3)CC2)nc1. The Morgan fingerprint density at radius 2 is 1.71 bits per heavy atom. The lowest BCUT2D eigenvalue weighted by atomic mass is 10.2. The fourth-order valence-electron chi connectivity index (χ4n) is 2.42. The fourth-order valence-corrected chi connectivity index (χ4v) is 2.42. The molecule has 1 saturated heterocycles. The lowest BCUT2D eigenvalue weighted by Gasteiger charge is -2.36. The molecule has 1 fully saturated rings. The van der Waals surface area contributed by atoms with E-state index in [2.05, 4.69) is 25.8 Å². The summed E-state index contributed by atoms with van der Waals surface area (Å²) < 4.78 is 0. The molecule has 2 N–H and O–H groups in total. The van der Waals surface area contributed by atoms with E-state index in [0.717, 1.165) is 37.7 Å². The van der Waals surface area contributed by atoms with Crippen LogP contribution in [-0.2, 0) is 0 Å². The minimum absolute atomic E-state index is 0.541. The van der Waals surface area contributed by atoms with Crippen molar-refractivity contribution in [2.45, 2.75) is 0 Å². The molecule has 6 nitrogen and oxygen atoms in total. The first kappa shape index (κ1) is 13.2. The molecule has 2 aromatic rings. The van der Waals surface area contributed by atoms with Crippen LogP contribution in [0.3, 0.4) is 0 Å². The van der Waals surface area contributed by atoms with Gasteiger partial charge >= 0.3 is 0 Å². The van der Waals surface area contributed by atoms with Gasteiger partial charge in [-0.25, -0.2) is 9.97 Å². The molecule has 0 radical (unpaired) electrons. The number of piperazine rings is 1. The van der Waals surface area contributed by atoms with Gasteiger partial charge in [0.1, 0.15) is 17.7 Å². The number of nitriles is 1. The summed E-state index contributed by atoms with van der Waals surface area (Å²) in [4.78, 5) is 13.0. The van der Waals surface area contributed by atoms with Crippen molar-refractivity contribution in [3.63, 3.8) is 0 Å². The minimum Gasteiger partial charge on any atom is -0.384 e. The molecule has 0 atom stereocenters. The van der Waals surface area contributed by atoms with E-state index in [1.807, 2.05) is 24.4 Å². The summed E-state index contributed by atoms with van der Waals surface area (Å²) in [6, 6.07) is 9.61. The third-order valence-corrected chi connectivity index (χ3v) is 3.62. The highest BCUT2D eigenvalue weighted by molar-refractivity contribution is 5.50. The molecule has 1 aliphatic rings. The minimum atomic E-state index is 0.541. The van der Waals surface area contributed by atoms with Gasteiger partial charge in [-0.05, 0) is 24.3 Å². The molecule has 0 amide bonds. The number of rotatable bonds is 2. The molecule has 0 saturated carbocycles. The highest BCUT2D eigenvalue weighted by Crippen LogP contribution is 2.19. The van der Waals surface area contributed by atoms with Gasteiger partial charge in [0, 0.05) is 32.4 Å². The Balaban J connectivity index is 1.64. The van der Waals surface area contributed by atoms with E-state index in [4.69, 9.17) is 11.0 Å². The van der Waals surface area contributed by atoms with Crippen LogP contribution in [0.15, 0.2) is 36.7 Å². The van der Waals surface area contributed by atoms with E-state index < -0.39 is 0 Å². The van der Waals surface area contributed by atoms with E-state index in [-0.39, 0.29) is 0 Å². The first-order valence-electron chi connectivity index (χ1n) is 6.84. The lowest BCUT2D eigenvalue weighted by Crippen LogP contribution is -2.46. The van der Waals surface area contributed by atoms with Crippen molar-refractivity contribution in [2.24, 2.45) is 0 Å². The van der Waals surface area contributed by atoms with Gasteiger partial charge in [0.2, 0.25) is 0 Å². The van der Waals surface area contributed by atoms with Crippen molar-refractivity contribution < 1.29 is 0 Å². The highest BCUT2D eigenvalue weighted by atomic mass is 15.3. The topological polar surface area (TPSA) is 82.1 Å². The van der Waals surface area contributed by atoms with E-state index in [1.165, 1.54) is 0 Å². The molecular weight excluding hydrogens is 264 g/mol. The Bertz CT molecular complexity index is 635. The Labute approximate surface area is 123 Å². The predicted molar refractivity (Wildman–Crippen MR) is 82.0 cm³/mol. The molecule has 1 aliphatic heterocycles. The van der Waals surface area contributed by atoms with Gasteiger partial charge in [-0.2, -0.15) is 5.26 Å². The molecule has 21 heavy (non-hydrogen) atoms. The monoisotopic (exact) mass is 280 g/mol. The van der Waals surface area contributed by atoms with E-state index in [9.17, 15) is 0 Å². The van der Waals surface area contributed by atoms with Crippen molar-refractivity contribution in [2.75, 3.05) is 41.7 Å². The molecule has 0 bridgehead atoms. The van der Waals surface area contributed by atoms with Crippen LogP contribution in [0.4, 0.5) is 17.3 Å². The molecule has 0 aliphatic carbocycles. The number of aromatic nitrogens is 2. The Hall–Kier alpha value is -2.81. The number of anilines is 3. The second-order valence-corrected chi connectivity index (χ2v) is 4.93. The highest BCUT2D eigenvalue weighted by Gasteiger charge is 2.18. The van der Waals surface area contributed by atoms with Gasteiger partial charge in [-0.3, -0.25) is 0 Å². The number of nitrogen functional groups attached to an aromatic ring is 1. The third-order valence-electron chi connectivity index (χ3n) is 3.62. The fraction of sp³-hybridized carbons (Fsp3) is 0.267. The Morgan fingerprint density at radius 1 is 0.952 bits per heavy atom. The summed E-state index contributed by atoms with van der Waals surface area (Å²) >= 11 is 0. The number of nitrogens with zero attached hydrogens (tertiary/aromatic N) is 5. The summed E-state index contributed by atoms with van der Waals surface area (Å²) in [5, 5.41) is 8.79.